The topological polar surface area (TPSA) is 135 Å². The SMILES string of the molecule is CC(c1ccccc1)c1cccc(C(=O)O)c1C(N)=O.O=C(O)CCCC(=O)c1cccc(Br)c1. The molecule has 1 amide bonds. The maximum atomic E-state index is 11.6. The number of aliphatic carboxylic acids is 1. The highest BCUT2D eigenvalue weighted by Gasteiger charge is 2.22. The van der Waals surface area contributed by atoms with E-state index >= 15 is 0 Å². The van der Waals surface area contributed by atoms with Crippen LogP contribution in [0.1, 0.15) is 74.3 Å². The monoisotopic (exact) mass is 539 g/mol. The Morgan fingerprint density at radius 3 is 2.11 bits per heavy atom. The van der Waals surface area contributed by atoms with Crippen molar-refractivity contribution in [1.82, 2.24) is 0 Å². The third-order valence-corrected chi connectivity index (χ3v) is 5.77. The number of amides is 1. The predicted octanol–water partition coefficient (Wildman–Crippen LogP) is 5.52. The summed E-state index contributed by atoms with van der Waals surface area (Å²) in [6.07, 6.45) is 0.711. The van der Waals surface area contributed by atoms with Crippen LogP contribution in [0.15, 0.2) is 77.3 Å². The van der Waals surface area contributed by atoms with Crippen LogP contribution in [-0.4, -0.2) is 33.8 Å². The lowest BCUT2D eigenvalue weighted by molar-refractivity contribution is -0.137. The molecule has 0 fully saturated rings. The van der Waals surface area contributed by atoms with Crippen molar-refractivity contribution in [2.75, 3.05) is 0 Å². The van der Waals surface area contributed by atoms with Gasteiger partial charge in [-0.2, -0.15) is 0 Å². The van der Waals surface area contributed by atoms with Crippen LogP contribution in [0.3, 0.4) is 0 Å². The molecule has 182 valence electrons. The maximum absolute atomic E-state index is 11.6. The van der Waals surface area contributed by atoms with Gasteiger partial charge in [-0.15, -0.1) is 0 Å². The molecule has 0 radical (unpaired) electrons. The summed E-state index contributed by atoms with van der Waals surface area (Å²) in [5.74, 6) is -2.87. The number of rotatable bonds is 9. The molecule has 4 N–H and O–H groups in total. The molecule has 0 bridgehead atoms. The Morgan fingerprint density at radius 2 is 1.54 bits per heavy atom. The fourth-order valence-corrected chi connectivity index (χ4v) is 3.91. The number of halogens is 1. The molecule has 0 spiro atoms. The molecule has 0 saturated carbocycles. The Hall–Kier alpha value is -3.78. The van der Waals surface area contributed by atoms with Crippen molar-refractivity contribution in [3.8, 4) is 0 Å². The van der Waals surface area contributed by atoms with Gasteiger partial charge in [0.1, 0.15) is 0 Å². The molecule has 0 aliphatic heterocycles. The number of carbonyl (C=O) groups is 4. The minimum atomic E-state index is -1.15. The first kappa shape index (κ1) is 27.5. The number of benzene rings is 3. The molecule has 0 heterocycles. The third-order valence-electron chi connectivity index (χ3n) is 5.28. The number of aromatic carboxylic acids is 1. The molecule has 0 aliphatic rings. The number of ketones is 1. The van der Waals surface area contributed by atoms with E-state index in [4.69, 9.17) is 10.8 Å². The van der Waals surface area contributed by atoms with E-state index in [9.17, 15) is 24.3 Å². The summed E-state index contributed by atoms with van der Waals surface area (Å²) in [6, 6.07) is 21.4. The number of nitrogens with two attached hydrogens (primary N) is 1. The first-order chi connectivity index (χ1) is 16.6. The highest BCUT2D eigenvalue weighted by atomic mass is 79.9. The molecule has 3 aromatic carbocycles. The van der Waals surface area contributed by atoms with Gasteiger partial charge in [-0.1, -0.05) is 77.5 Å². The van der Waals surface area contributed by atoms with Crippen molar-refractivity contribution in [3.05, 3.63) is 105 Å². The van der Waals surface area contributed by atoms with Crippen molar-refractivity contribution < 1.29 is 29.4 Å². The normalized spacial score (nSPS) is 11.0. The predicted molar refractivity (Wildman–Crippen MR) is 136 cm³/mol. The van der Waals surface area contributed by atoms with Gasteiger partial charge in [-0.3, -0.25) is 14.4 Å². The molecule has 0 saturated heterocycles. The van der Waals surface area contributed by atoms with Crippen LogP contribution in [0.5, 0.6) is 0 Å². The lowest BCUT2D eigenvalue weighted by Crippen LogP contribution is -2.20. The number of hydrogen-bond acceptors (Lipinski definition) is 4. The van der Waals surface area contributed by atoms with Crippen LogP contribution >= 0.6 is 15.9 Å². The summed E-state index contributed by atoms with van der Waals surface area (Å²) in [5, 5.41) is 17.6. The van der Waals surface area contributed by atoms with Gasteiger partial charge in [0.15, 0.2) is 5.78 Å². The Morgan fingerprint density at radius 1 is 0.886 bits per heavy atom. The second-order valence-corrected chi connectivity index (χ2v) is 8.67. The van der Waals surface area contributed by atoms with E-state index in [-0.39, 0.29) is 35.7 Å². The first-order valence-electron chi connectivity index (χ1n) is 10.8. The summed E-state index contributed by atoms with van der Waals surface area (Å²) >= 11 is 3.28. The summed E-state index contributed by atoms with van der Waals surface area (Å²) in [6.45, 7) is 1.92. The van der Waals surface area contributed by atoms with E-state index in [1.807, 2.05) is 43.3 Å². The van der Waals surface area contributed by atoms with Gasteiger partial charge in [0, 0.05) is 28.8 Å². The van der Waals surface area contributed by atoms with Gasteiger partial charge in [0.25, 0.3) is 0 Å². The molecule has 7 nitrogen and oxygen atoms in total. The van der Waals surface area contributed by atoms with Crippen LogP contribution in [0.4, 0.5) is 0 Å². The van der Waals surface area contributed by atoms with Crippen molar-refractivity contribution in [2.24, 2.45) is 5.73 Å². The van der Waals surface area contributed by atoms with Gasteiger partial charge >= 0.3 is 11.9 Å². The number of hydrogen-bond donors (Lipinski definition) is 3. The zero-order valence-corrected chi connectivity index (χ0v) is 20.7. The average Bonchev–Trinajstić information content (AvgIpc) is 2.83. The lowest BCUT2D eigenvalue weighted by Gasteiger charge is -2.17. The smallest absolute Gasteiger partial charge is 0.336 e. The first-order valence-corrected chi connectivity index (χ1v) is 11.6. The van der Waals surface area contributed by atoms with E-state index in [1.165, 1.54) is 6.07 Å². The molecule has 0 aromatic heterocycles. The standard InChI is InChI=1S/C16H15NO3.C11H11BrO3/c1-10(11-6-3-2-4-7-11)12-8-5-9-13(16(19)20)14(12)15(17)18;12-9-4-1-3-8(7-9)10(13)5-2-6-11(14)15/h2-10H,1H3,(H2,17,18)(H,19,20);1,3-4,7H,2,5-6H2,(H,14,15). The van der Waals surface area contributed by atoms with Crippen molar-refractivity contribution in [2.45, 2.75) is 32.1 Å². The van der Waals surface area contributed by atoms with E-state index in [2.05, 4.69) is 15.9 Å². The number of Topliss-reactive ketones (excluding diaryl/α,β-unsaturated/α-hetero) is 1. The van der Waals surface area contributed by atoms with Gasteiger partial charge in [-0.05, 0) is 35.7 Å². The van der Waals surface area contributed by atoms with Crippen LogP contribution in [0.25, 0.3) is 0 Å². The fourth-order valence-electron chi connectivity index (χ4n) is 3.51. The lowest BCUT2D eigenvalue weighted by atomic mass is 9.87. The number of primary amides is 1. The summed E-state index contributed by atoms with van der Waals surface area (Å²) < 4.78 is 0.853. The molecule has 1 atom stereocenters. The molecular formula is C27H26BrNO6. The average molecular weight is 540 g/mol. The molecule has 8 heteroatoms. The molecule has 1 unspecified atom stereocenters. The largest absolute Gasteiger partial charge is 0.481 e. The summed E-state index contributed by atoms with van der Waals surface area (Å²) in [7, 11) is 0. The van der Waals surface area contributed by atoms with Crippen molar-refractivity contribution >= 4 is 39.6 Å². The minimum absolute atomic E-state index is 0.0162. The van der Waals surface area contributed by atoms with E-state index in [0.717, 1.165) is 10.0 Å². The van der Waals surface area contributed by atoms with Crippen LogP contribution < -0.4 is 5.73 Å². The minimum Gasteiger partial charge on any atom is -0.481 e. The Labute approximate surface area is 211 Å². The zero-order chi connectivity index (χ0) is 26.0. The van der Waals surface area contributed by atoms with Crippen LogP contribution in [0, 0.1) is 0 Å². The van der Waals surface area contributed by atoms with Gasteiger partial charge in [0.05, 0.1) is 11.1 Å². The highest BCUT2D eigenvalue weighted by molar-refractivity contribution is 9.10. The van der Waals surface area contributed by atoms with Crippen molar-refractivity contribution in [3.63, 3.8) is 0 Å². The van der Waals surface area contributed by atoms with Gasteiger partial charge in [0.2, 0.25) is 5.91 Å². The Balaban J connectivity index is 0.000000258. The van der Waals surface area contributed by atoms with Gasteiger partial charge < -0.3 is 15.9 Å². The summed E-state index contributed by atoms with van der Waals surface area (Å²) in [5.41, 5.74) is 7.64. The zero-order valence-electron chi connectivity index (χ0n) is 19.1. The molecule has 3 rings (SSSR count). The second kappa shape index (κ2) is 13.2. The second-order valence-electron chi connectivity index (χ2n) is 7.75. The quantitative estimate of drug-likeness (QED) is 0.306. The van der Waals surface area contributed by atoms with Gasteiger partial charge in [-0.25, -0.2) is 4.79 Å². The molecule has 3 aromatic rings. The van der Waals surface area contributed by atoms with E-state index in [0.29, 0.717) is 17.5 Å². The molecule has 35 heavy (non-hydrogen) atoms. The third kappa shape index (κ3) is 8.19. The van der Waals surface area contributed by atoms with Crippen LogP contribution in [-0.2, 0) is 4.79 Å². The molecule has 0 aliphatic carbocycles. The highest BCUT2D eigenvalue weighted by Crippen LogP contribution is 2.28. The Kier molecular flexibility index (Phi) is 10.4. The van der Waals surface area contributed by atoms with E-state index in [1.54, 1.807) is 30.3 Å². The number of carbonyl (C=O) groups excluding carboxylic acids is 2. The van der Waals surface area contributed by atoms with E-state index < -0.39 is 17.8 Å². The summed E-state index contributed by atoms with van der Waals surface area (Å²) in [4.78, 5) is 44.7. The maximum Gasteiger partial charge on any atom is 0.336 e. The number of carboxylic acids is 2. The van der Waals surface area contributed by atoms with Crippen LogP contribution in [0.2, 0.25) is 0 Å². The fraction of sp³-hybridized carbons (Fsp3) is 0.185. The van der Waals surface area contributed by atoms with Crippen molar-refractivity contribution in [1.29, 1.82) is 0 Å². The number of carboxylic acid groups (broad SMARTS) is 2. The molecular weight excluding hydrogens is 514 g/mol. The Bertz CT molecular complexity index is 1210.